The van der Waals surface area contributed by atoms with Gasteiger partial charge >= 0.3 is 5.97 Å². The second-order valence-electron chi connectivity index (χ2n) is 4.36. The number of aromatic hydroxyl groups is 1. The van der Waals surface area contributed by atoms with E-state index in [4.69, 9.17) is 4.42 Å². The Kier molecular flexibility index (Phi) is 4.79. The summed E-state index contributed by atoms with van der Waals surface area (Å²) >= 11 is 0. The number of methoxy groups -OCH3 is 1. The van der Waals surface area contributed by atoms with E-state index in [1.807, 2.05) is 12.1 Å². The number of hydrogen-bond acceptors (Lipinski definition) is 5. The number of benzene rings is 1. The fourth-order valence-electron chi connectivity index (χ4n) is 1.87. The van der Waals surface area contributed by atoms with E-state index in [1.165, 1.54) is 13.4 Å². The van der Waals surface area contributed by atoms with Gasteiger partial charge in [0, 0.05) is 12.1 Å². The van der Waals surface area contributed by atoms with Crippen molar-refractivity contribution in [3.8, 4) is 5.75 Å². The molecule has 0 bridgehead atoms. The lowest BCUT2D eigenvalue weighted by Gasteiger charge is -2.05. The van der Waals surface area contributed by atoms with Crippen LogP contribution in [0, 0.1) is 0 Å². The Bertz CT molecular complexity index is 560. The van der Waals surface area contributed by atoms with Crippen LogP contribution >= 0.6 is 0 Å². The van der Waals surface area contributed by atoms with Gasteiger partial charge in [0.25, 0.3) is 0 Å². The number of phenols is 1. The van der Waals surface area contributed by atoms with Gasteiger partial charge in [-0.25, -0.2) is 4.79 Å². The van der Waals surface area contributed by atoms with Crippen LogP contribution in [0.15, 0.2) is 41.0 Å². The quantitative estimate of drug-likeness (QED) is 0.624. The van der Waals surface area contributed by atoms with Crippen molar-refractivity contribution < 1.29 is 19.1 Å². The summed E-state index contributed by atoms with van der Waals surface area (Å²) < 4.78 is 9.74. The zero-order chi connectivity index (χ0) is 14.4. The van der Waals surface area contributed by atoms with Gasteiger partial charge in [-0.3, -0.25) is 0 Å². The highest BCUT2D eigenvalue weighted by Gasteiger charge is 2.14. The lowest BCUT2D eigenvalue weighted by atomic mass is 10.1. The summed E-state index contributed by atoms with van der Waals surface area (Å²) in [5, 5.41) is 12.4. The number of nitrogens with one attached hydrogen (secondary N) is 1. The van der Waals surface area contributed by atoms with Crippen molar-refractivity contribution in [1.82, 2.24) is 5.32 Å². The van der Waals surface area contributed by atoms with Crippen LogP contribution in [0.4, 0.5) is 0 Å². The summed E-state index contributed by atoms with van der Waals surface area (Å²) in [6.45, 7) is 1.30. The molecule has 20 heavy (non-hydrogen) atoms. The Morgan fingerprint density at radius 3 is 2.75 bits per heavy atom. The highest BCUT2D eigenvalue weighted by molar-refractivity contribution is 5.87. The van der Waals surface area contributed by atoms with Crippen molar-refractivity contribution in [2.75, 3.05) is 13.7 Å². The lowest BCUT2D eigenvalue weighted by molar-refractivity contribution is 0.0563. The Morgan fingerprint density at radius 1 is 1.30 bits per heavy atom. The summed E-state index contributed by atoms with van der Waals surface area (Å²) in [5.74, 6) is 0.0396. The number of rotatable bonds is 6. The van der Waals surface area contributed by atoms with Gasteiger partial charge in [0.2, 0.25) is 5.76 Å². The molecule has 1 heterocycles. The molecular formula is C15H17NO4. The molecule has 0 radical (unpaired) electrons. The third kappa shape index (κ3) is 3.61. The molecule has 0 fully saturated rings. The summed E-state index contributed by atoms with van der Waals surface area (Å²) in [6, 6.07) is 8.85. The highest BCUT2D eigenvalue weighted by atomic mass is 16.5. The SMILES string of the molecule is COC(=O)c1occc1CNCCc1ccc(O)cc1. The van der Waals surface area contributed by atoms with Gasteiger partial charge in [0.1, 0.15) is 5.75 Å². The number of esters is 1. The minimum Gasteiger partial charge on any atom is -0.508 e. The van der Waals surface area contributed by atoms with Gasteiger partial charge in [-0.2, -0.15) is 0 Å². The average Bonchev–Trinajstić information content (AvgIpc) is 2.93. The van der Waals surface area contributed by atoms with E-state index in [2.05, 4.69) is 10.1 Å². The molecule has 0 unspecified atom stereocenters. The fourth-order valence-corrected chi connectivity index (χ4v) is 1.87. The molecule has 5 nitrogen and oxygen atoms in total. The van der Waals surface area contributed by atoms with Crippen molar-refractivity contribution in [1.29, 1.82) is 0 Å². The molecule has 0 aliphatic heterocycles. The number of phenolic OH excluding ortho intramolecular Hbond substituents is 1. The van der Waals surface area contributed by atoms with Crippen molar-refractivity contribution >= 4 is 5.97 Å². The number of hydrogen-bond donors (Lipinski definition) is 2. The van der Waals surface area contributed by atoms with Crippen LogP contribution in [-0.2, 0) is 17.7 Å². The molecule has 0 saturated carbocycles. The monoisotopic (exact) mass is 275 g/mol. The maximum atomic E-state index is 11.4. The molecular weight excluding hydrogens is 258 g/mol. The molecule has 2 rings (SSSR count). The van der Waals surface area contributed by atoms with Gasteiger partial charge in [0.15, 0.2) is 0 Å². The Labute approximate surface area is 117 Å². The topological polar surface area (TPSA) is 71.7 Å². The first-order valence-electron chi connectivity index (χ1n) is 6.34. The summed E-state index contributed by atoms with van der Waals surface area (Å²) in [5.41, 5.74) is 1.92. The average molecular weight is 275 g/mol. The smallest absolute Gasteiger partial charge is 0.374 e. The normalized spacial score (nSPS) is 10.4. The molecule has 1 aromatic heterocycles. The van der Waals surface area contributed by atoms with Crippen molar-refractivity contribution in [2.45, 2.75) is 13.0 Å². The Morgan fingerprint density at radius 2 is 2.05 bits per heavy atom. The third-order valence-corrected chi connectivity index (χ3v) is 2.96. The number of furan rings is 1. The van der Waals surface area contributed by atoms with E-state index in [0.717, 1.165) is 24.1 Å². The largest absolute Gasteiger partial charge is 0.508 e. The van der Waals surface area contributed by atoms with Crippen LogP contribution in [0.2, 0.25) is 0 Å². The van der Waals surface area contributed by atoms with Crippen LogP contribution in [0.25, 0.3) is 0 Å². The second-order valence-corrected chi connectivity index (χ2v) is 4.36. The molecule has 5 heteroatoms. The van der Waals surface area contributed by atoms with Gasteiger partial charge in [-0.15, -0.1) is 0 Å². The Balaban J connectivity index is 1.80. The lowest BCUT2D eigenvalue weighted by Crippen LogP contribution is -2.18. The first-order chi connectivity index (χ1) is 9.70. The molecule has 1 aromatic carbocycles. The van der Waals surface area contributed by atoms with Crippen LogP contribution in [-0.4, -0.2) is 24.7 Å². The summed E-state index contributed by atoms with van der Waals surface area (Å²) in [6.07, 6.45) is 2.31. The van der Waals surface area contributed by atoms with E-state index in [1.54, 1.807) is 18.2 Å². The molecule has 0 saturated heterocycles. The van der Waals surface area contributed by atoms with E-state index in [9.17, 15) is 9.90 Å². The van der Waals surface area contributed by atoms with Crippen LogP contribution < -0.4 is 5.32 Å². The van der Waals surface area contributed by atoms with E-state index in [0.29, 0.717) is 6.54 Å². The zero-order valence-electron chi connectivity index (χ0n) is 11.3. The molecule has 2 N–H and O–H groups in total. The third-order valence-electron chi connectivity index (χ3n) is 2.96. The van der Waals surface area contributed by atoms with Gasteiger partial charge in [-0.1, -0.05) is 12.1 Å². The standard InChI is InChI=1S/C15H17NO4/c1-19-15(18)14-12(7-9-20-14)10-16-8-6-11-2-4-13(17)5-3-11/h2-5,7,9,16-17H,6,8,10H2,1H3. The van der Waals surface area contributed by atoms with E-state index in [-0.39, 0.29) is 11.5 Å². The maximum absolute atomic E-state index is 11.4. The molecule has 0 amide bonds. The van der Waals surface area contributed by atoms with Gasteiger partial charge < -0.3 is 19.6 Å². The van der Waals surface area contributed by atoms with E-state index < -0.39 is 5.97 Å². The fraction of sp³-hybridized carbons (Fsp3) is 0.267. The van der Waals surface area contributed by atoms with Crippen LogP contribution in [0.3, 0.4) is 0 Å². The molecule has 106 valence electrons. The molecule has 0 spiro atoms. The second kappa shape index (κ2) is 6.77. The number of ether oxygens (including phenoxy) is 1. The molecule has 0 atom stereocenters. The minimum atomic E-state index is -0.467. The minimum absolute atomic E-state index is 0.240. The summed E-state index contributed by atoms with van der Waals surface area (Å²) in [7, 11) is 1.33. The summed E-state index contributed by atoms with van der Waals surface area (Å²) in [4.78, 5) is 11.4. The van der Waals surface area contributed by atoms with Crippen LogP contribution in [0.1, 0.15) is 21.7 Å². The van der Waals surface area contributed by atoms with Crippen molar-refractivity contribution in [3.63, 3.8) is 0 Å². The molecule has 2 aromatic rings. The molecule has 0 aliphatic rings. The first-order valence-corrected chi connectivity index (χ1v) is 6.34. The maximum Gasteiger partial charge on any atom is 0.374 e. The van der Waals surface area contributed by atoms with Crippen molar-refractivity contribution in [3.05, 3.63) is 53.5 Å². The van der Waals surface area contributed by atoms with Crippen molar-refractivity contribution in [2.24, 2.45) is 0 Å². The molecule has 0 aliphatic carbocycles. The highest BCUT2D eigenvalue weighted by Crippen LogP contribution is 2.12. The van der Waals surface area contributed by atoms with Crippen LogP contribution in [0.5, 0.6) is 5.75 Å². The number of carbonyl (C=O) groups excluding carboxylic acids is 1. The van der Waals surface area contributed by atoms with Gasteiger partial charge in [0.05, 0.1) is 13.4 Å². The zero-order valence-corrected chi connectivity index (χ0v) is 11.3. The predicted octanol–water partition coefficient (Wildman–Crippen LogP) is 2.10. The Hall–Kier alpha value is -2.27. The van der Waals surface area contributed by atoms with E-state index >= 15 is 0 Å². The van der Waals surface area contributed by atoms with Gasteiger partial charge in [-0.05, 0) is 36.7 Å². The first kappa shape index (κ1) is 14.1. The number of carbonyl (C=O) groups is 1. The predicted molar refractivity (Wildman–Crippen MR) is 73.6 cm³/mol.